The highest BCUT2D eigenvalue weighted by Crippen LogP contribution is 2.34. The number of aromatic nitrogens is 3. The Morgan fingerprint density at radius 2 is 1.94 bits per heavy atom. The first-order valence-corrected chi connectivity index (χ1v) is 12.8. The third-order valence-corrected chi connectivity index (χ3v) is 7.89. The van der Waals surface area contributed by atoms with Gasteiger partial charge in [-0.2, -0.15) is 0 Å². The van der Waals surface area contributed by atoms with Crippen LogP contribution in [0, 0.1) is 19.7 Å². The zero-order valence-corrected chi connectivity index (χ0v) is 20.8. The monoisotopic (exact) mass is 499 g/mol. The number of rotatable bonds is 8. The summed E-state index contributed by atoms with van der Waals surface area (Å²) in [5.74, 6) is 0.305. The summed E-state index contributed by atoms with van der Waals surface area (Å²) in [6, 6.07) is 12.3. The molecule has 4 aromatic rings. The maximum Gasteiger partial charge on any atom is 0.230 e. The van der Waals surface area contributed by atoms with Crippen LogP contribution >= 0.6 is 34.4 Å². The SMILES string of the molecule is CC(=O)N(c1nc(CSc2nnc(NCc3ccc(F)cc3)s2)cs1)c1cccc(C)c1C. The van der Waals surface area contributed by atoms with E-state index in [4.69, 9.17) is 4.98 Å². The highest BCUT2D eigenvalue weighted by Gasteiger charge is 2.20. The molecule has 2 aromatic heterocycles. The first kappa shape index (κ1) is 23.3. The number of hydrogen-bond donors (Lipinski definition) is 1. The van der Waals surface area contributed by atoms with Gasteiger partial charge in [0.05, 0.1) is 11.4 Å². The summed E-state index contributed by atoms with van der Waals surface area (Å²) in [4.78, 5) is 18.8. The number of benzene rings is 2. The second-order valence-electron chi connectivity index (χ2n) is 7.34. The van der Waals surface area contributed by atoms with E-state index >= 15 is 0 Å². The van der Waals surface area contributed by atoms with E-state index in [1.165, 1.54) is 34.8 Å². The lowest BCUT2D eigenvalue weighted by molar-refractivity contribution is -0.115. The lowest BCUT2D eigenvalue weighted by atomic mass is 10.1. The molecule has 170 valence electrons. The number of thioether (sulfide) groups is 1. The highest BCUT2D eigenvalue weighted by atomic mass is 32.2. The van der Waals surface area contributed by atoms with Crippen LogP contribution in [0.2, 0.25) is 0 Å². The highest BCUT2D eigenvalue weighted by molar-refractivity contribution is 8.00. The summed E-state index contributed by atoms with van der Waals surface area (Å²) in [5, 5.41) is 14.9. The van der Waals surface area contributed by atoms with E-state index < -0.39 is 0 Å². The number of carbonyl (C=O) groups is 1. The van der Waals surface area contributed by atoms with Crippen LogP contribution in [0.5, 0.6) is 0 Å². The van der Waals surface area contributed by atoms with Crippen molar-refractivity contribution in [2.24, 2.45) is 0 Å². The lowest BCUT2D eigenvalue weighted by Gasteiger charge is -2.21. The molecule has 0 spiro atoms. The van der Waals surface area contributed by atoms with E-state index in [0.717, 1.165) is 32.4 Å². The Hall–Kier alpha value is -2.82. The summed E-state index contributed by atoms with van der Waals surface area (Å²) in [6.07, 6.45) is 0. The maximum absolute atomic E-state index is 13.0. The smallest absolute Gasteiger partial charge is 0.230 e. The number of carbonyl (C=O) groups excluding carboxylic acids is 1. The average molecular weight is 500 g/mol. The van der Waals surface area contributed by atoms with Crippen molar-refractivity contribution in [2.45, 2.75) is 37.4 Å². The Kier molecular flexibility index (Phi) is 7.36. The van der Waals surface area contributed by atoms with Gasteiger partial charge in [0.1, 0.15) is 5.82 Å². The van der Waals surface area contributed by atoms with Gasteiger partial charge in [0.2, 0.25) is 11.0 Å². The van der Waals surface area contributed by atoms with E-state index in [-0.39, 0.29) is 11.7 Å². The van der Waals surface area contributed by atoms with Crippen molar-refractivity contribution in [1.29, 1.82) is 0 Å². The molecule has 1 amide bonds. The molecule has 0 bridgehead atoms. The average Bonchev–Trinajstić information content (AvgIpc) is 3.44. The third kappa shape index (κ3) is 5.76. The lowest BCUT2D eigenvalue weighted by Crippen LogP contribution is -2.23. The van der Waals surface area contributed by atoms with Crippen molar-refractivity contribution < 1.29 is 9.18 Å². The molecule has 2 aromatic carbocycles. The Morgan fingerprint density at radius 3 is 2.70 bits per heavy atom. The fourth-order valence-electron chi connectivity index (χ4n) is 3.11. The van der Waals surface area contributed by atoms with Gasteiger partial charge in [0.25, 0.3) is 0 Å². The minimum atomic E-state index is -0.251. The number of amides is 1. The molecule has 0 atom stereocenters. The first-order valence-electron chi connectivity index (χ1n) is 10.2. The molecular weight excluding hydrogens is 477 g/mol. The summed E-state index contributed by atoms with van der Waals surface area (Å²) in [7, 11) is 0. The Balaban J connectivity index is 1.38. The van der Waals surface area contributed by atoms with E-state index in [1.54, 1.807) is 35.7 Å². The Labute approximate surface area is 203 Å². The van der Waals surface area contributed by atoms with Gasteiger partial charge in [-0.15, -0.1) is 21.5 Å². The van der Waals surface area contributed by atoms with Crippen molar-refractivity contribution in [3.05, 3.63) is 76.0 Å². The Morgan fingerprint density at radius 1 is 1.15 bits per heavy atom. The van der Waals surface area contributed by atoms with Crippen LogP contribution in [-0.4, -0.2) is 21.1 Å². The molecule has 0 aliphatic rings. The molecule has 33 heavy (non-hydrogen) atoms. The predicted octanol–water partition coefficient (Wildman–Crippen LogP) is 6.34. The quantitative estimate of drug-likeness (QED) is 0.285. The van der Waals surface area contributed by atoms with E-state index in [9.17, 15) is 9.18 Å². The number of anilines is 3. The molecule has 6 nitrogen and oxygen atoms in total. The third-order valence-electron chi connectivity index (χ3n) is 4.97. The minimum absolute atomic E-state index is 0.0711. The van der Waals surface area contributed by atoms with Crippen LogP contribution < -0.4 is 10.2 Å². The van der Waals surface area contributed by atoms with Gasteiger partial charge in [-0.3, -0.25) is 9.69 Å². The van der Waals surface area contributed by atoms with Crippen molar-refractivity contribution >= 4 is 56.3 Å². The first-order chi connectivity index (χ1) is 15.9. The van der Waals surface area contributed by atoms with Crippen LogP contribution in [0.4, 0.5) is 20.3 Å². The number of nitrogens with zero attached hydrogens (tertiary/aromatic N) is 4. The van der Waals surface area contributed by atoms with E-state index in [1.807, 2.05) is 37.4 Å². The fourth-order valence-corrected chi connectivity index (χ4v) is 5.73. The number of thiazole rings is 1. The van der Waals surface area contributed by atoms with Gasteiger partial charge < -0.3 is 5.32 Å². The van der Waals surface area contributed by atoms with Crippen molar-refractivity contribution in [3.8, 4) is 0 Å². The minimum Gasteiger partial charge on any atom is -0.356 e. The molecule has 0 saturated heterocycles. The normalized spacial score (nSPS) is 10.9. The number of hydrogen-bond acceptors (Lipinski definition) is 8. The van der Waals surface area contributed by atoms with Crippen molar-refractivity contribution in [1.82, 2.24) is 15.2 Å². The standard InChI is InChI=1S/C23H22FN5OS3/c1-14-5-4-6-20(15(14)2)29(16(3)30)22-26-19(12-31-22)13-32-23-28-27-21(33-23)25-11-17-7-9-18(24)10-8-17/h4-10,12H,11,13H2,1-3H3,(H,25,27). The van der Waals surface area contributed by atoms with Crippen LogP contribution in [0.15, 0.2) is 52.2 Å². The molecule has 4 rings (SSSR count). The Bertz CT molecular complexity index is 1260. The largest absolute Gasteiger partial charge is 0.356 e. The van der Waals surface area contributed by atoms with E-state index in [2.05, 4.69) is 15.5 Å². The summed E-state index contributed by atoms with van der Waals surface area (Å²) < 4.78 is 13.8. The number of halogens is 1. The molecule has 0 radical (unpaired) electrons. The van der Waals surface area contributed by atoms with Gasteiger partial charge in [-0.1, -0.05) is 47.4 Å². The molecule has 0 fully saturated rings. The van der Waals surface area contributed by atoms with Gasteiger partial charge >= 0.3 is 0 Å². The molecule has 10 heteroatoms. The zero-order chi connectivity index (χ0) is 23.4. The van der Waals surface area contributed by atoms with Gasteiger partial charge in [0, 0.05) is 24.6 Å². The topological polar surface area (TPSA) is 71.0 Å². The van der Waals surface area contributed by atoms with Crippen molar-refractivity contribution in [2.75, 3.05) is 10.2 Å². The molecular formula is C23H22FN5OS3. The zero-order valence-electron chi connectivity index (χ0n) is 18.3. The van der Waals surface area contributed by atoms with Gasteiger partial charge in [-0.05, 0) is 48.7 Å². The van der Waals surface area contributed by atoms with Crippen LogP contribution in [0.1, 0.15) is 29.3 Å². The maximum atomic E-state index is 13.0. The van der Waals surface area contributed by atoms with Crippen LogP contribution in [0.3, 0.4) is 0 Å². The molecule has 1 N–H and O–H groups in total. The van der Waals surface area contributed by atoms with Gasteiger partial charge in [-0.25, -0.2) is 9.37 Å². The summed E-state index contributed by atoms with van der Waals surface area (Å²) in [6.45, 7) is 6.15. The molecule has 2 heterocycles. The van der Waals surface area contributed by atoms with Gasteiger partial charge in [0.15, 0.2) is 9.47 Å². The van der Waals surface area contributed by atoms with Crippen LogP contribution in [-0.2, 0) is 17.1 Å². The molecule has 0 aliphatic heterocycles. The molecule has 0 saturated carbocycles. The number of nitrogens with one attached hydrogen (secondary N) is 1. The van der Waals surface area contributed by atoms with Crippen molar-refractivity contribution in [3.63, 3.8) is 0 Å². The van der Waals surface area contributed by atoms with E-state index in [0.29, 0.717) is 22.6 Å². The molecule has 0 unspecified atom stereocenters. The summed E-state index contributed by atoms with van der Waals surface area (Å²) in [5.41, 5.74) is 4.90. The number of aryl methyl sites for hydroxylation is 1. The van der Waals surface area contributed by atoms with Crippen LogP contribution in [0.25, 0.3) is 0 Å². The fraction of sp³-hybridized carbons (Fsp3) is 0.217. The second-order valence-corrected chi connectivity index (χ2v) is 10.4. The summed E-state index contributed by atoms with van der Waals surface area (Å²) >= 11 is 4.46. The second kappa shape index (κ2) is 10.4. The molecule has 0 aliphatic carbocycles. The predicted molar refractivity (Wildman–Crippen MR) is 134 cm³/mol.